The van der Waals surface area contributed by atoms with Crippen molar-refractivity contribution < 1.29 is 29.1 Å². The van der Waals surface area contributed by atoms with E-state index in [9.17, 15) is 29.1 Å². The quantitative estimate of drug-likeness (QED) is 0.124. The molecular formula is C29H38N8O6. The number of amides is 4. The van der Waals surface area contributed by atoms with Crippen molar-refractivity contribution in [1.29, 1.82) is 0 Å². The van der Waals surface area contributed by atoms with Gasteiger partial charge in [0.2, 0.25) is 23.6 Å². The molecule has 14 nitrogen and oxygen atoms in total. The van der Waals surface area contributed by atoms with E-state index in [1.165, 1.54) is 6.33 Å². The number of aromatic amines is 2. The maximum Gasteiger partial charge on any atom is 0.303 e. The van der Waals surface area contributed by atoms with Crippen LogP contribution in [-0.4, -0.2) is 67.8 Å². The Labute approximate surface area is 247 Å². The molecule has 2 heterocycles. The second kappa shape index (κ2) is 14.0. The van der Waals surface area contributed by atoms with Crippen molar-refractivity contribution in [3.05, 3.63) is 54.2 Å². The minimum atomic E-state index is -1.09. The number of benzene rings is 1. The van der Waals surface area contributed by atoms with Gasteiger partial charge in [-0.15, -0.1) is 0 Å². The maximum atomic E-state index is 13.7. The third kappa shape index (κ3) is 8.19. The molecule has 0 radical (unpaired) electrons. The fourth-order valence-corrected chi connectivity index (χ4v) is 5.96. The van der Waals surface area contributed by atoms with Gasteiger partial charge in [-0.1, -0.05) is 18.2 Å². The monoisotopic (exact) mass is 594 g/mol. The lowest BCUT2D eigenvalue weighted by Gasteiger charge is -2.41. The van der Waals surface area contributed by atoms with Crippen molar-refractivity contribution in [3.8, 4) is 0 Å². The number of primary amides is 2. The third-order valence-corrected chi connectivity index (χ3v) is 8.19. The fourth-order valence-electron chi connectivity index (χ4n) is 5.96. The van der Waals surface area contributed by atoms with Crippen LogP contribution in [0.25, 0.3) is 10.9 Å². The summed E-state index contributed by atoms with van der Waals surface area (Å²) >= 11 is 0. The molecule has 4 rings (SSSR count). The van der Waals surface area contributed by atoms with Crippen molar-refractivity contribution >= 4 is 40.5 Å². The van der Waals surface area contributed by atoms with Crippen LogP contribution in [0.2, 0.25) is 0 Å². The molecule has 4 amide bonds. The lowest BCUT2D eigenvalue weighted by Crippen LogP contribution is -2.55. The molecule has 0 spiro atoms. The topological polar surface area (TPSA) is 252 Å². The Balaban J connectivity index is 1.54. The number of fused-ring (bicyclic) bond motifs is 1. The molecule has 1 aliphatic rings. The van der Waals surface area contributed by atoms with E-state index in [2.05, 4.69) is 25.6 Å². The first-order valence-corrected chi connectivity index (χ1v) is 14.2. The van der Waals surface area contributed by atoms with E-state index in [1.807, 2.05) is 24.3 Å². The number of hydrogen-bond acceptors (Lipinski definition) is 7. The normalized spacial score (nSPS) is 21.5. The Hall–Kier alpha value is -4.72. The van der Waals surface area contributed by atoms with Crippen LogP contribution in [-0.2, 0) is 36.8 Å². The van der Waals surface area contributed by atoms with Crippen LogP contribution < -0.4 is 27.8 Å². The summed E-state index contributed by atoms with van der Waals surface area (Å²) in [6.07, 6.45) is 5.59. The number of carboxylic acids is 1. The van der Waals surface area contributed by atoms with Crippen LogP contribution in [0.1, 0.15) is 43.4 Å². The summed E-state index contributed by atoms with van der Waals surface area (Å²) in [7, 11) is 0. The summed E-state index contributed by atoms with van der Waals surface area (Å²) in [5.41, 5.74) is 19.3. The molecule has 230 valence electrons. The second-order valence-corrected chi connectivity index (χ2v) is 11.2. The number of rotatable bonds is 14. The minimum Gasteiger partial charge on any atom is -0.481 e. The van der Waals surface area contributed by atoms with Gasteiger partial charge < -0.3 is 42.9 Å². The van der Waals surface area contributed by atoms with E-state index in [0.29, 0.717) is 6.42 Å². The van der Waals surface area contributed by atoms with Gasteiger partial charge in [-0.05, 0) is 49.1 Å². The Morgan fingerprint density at radius 1 is 1.07 bits per heavy atom. The van der Waals surface area contributed by atoms with Gasteiger partial charge in [0, 0.05) is 60.2 Å². The number of aromatic nitrogens is 3. The zero-order chi connectivity index (χ0) is 31.1. The summed E-state index contributed by atoms with van der Waals surface area (Å²) in [5.74, 6) is -5.08. The molecule has 2 aromatic heterocycles. The number of nitrogens with two attached hydrogens (primary N) is 3. The fraction of sp³-hybridized carbons (Fsp3) is 0.448. The van der Waals surface area contributed by atoms with Gasteiger partial charge >= 0.3 is 5.97 Å². The molecule has 3 aromatic rings. The molecule has 1 aromatic carbocycles. The van der Waals surface area contributed by atoms with E-state index in [-0.39, 0.29) is 44.4 Å². The number of hydrogen-bond donors (Lipinski definition) is 8. The van der Waals surface area contributed by atoms with Crippen molar-refractivity contribution in [2.24, 2.45) is 35.0 Å². The molecule has 43 heavy (non-hydrogen) atoms. The van der Waals surface area contributed by atoms with Gasteiger partial charge in [0.25, 0.3) is 0 Å². The molecule has 1 aliphatic carbocycles. The molecule has 1 saturated carbocycles. The first kappa shape index (κ1) is 31.2. The largest absolute Gasteiger partial charge is 0.481 e. The highest BCUT2D eigenvalue weighted by atomic mass is 16.4. The van der Waals surface area contributed by atoms with E-state index in [4.69, 9.17) is 17.2 Å². The molecule has 14 heteroatoms. The van der Waals surface area contributed by atoms with E-state index >= 15 is 0 Å². The Morgan fingerprint density at radius 3 is 2.51 bits per heavy atom. The first-order valence-electron chi connectivity index (χ1n) is 14.2. The molecular weight excluding hydrogens is 556 g/mol. The lowest BCUT2D eigenvalue weighted by molar-refractivity contribution is -0.141. The SMILES string of the molecule is NC(=O)CCC(N)C(=O)NC1CC(CC(=O)O)[C@@H](C(=O)NC(Cc2c[nH]c3ccccc23)C(N)=O)CC1Cc1cnc[nH]1. The Morgan fingerprint density at radius 2 is 1.84 bits per heavy atom. The second-order valence-electron chi connectivity index (χ2n) is 11.2. The van der Waals surface area contributed by atoms with Gasteiger partial charge in [0.15, 0.2) is 0 Å². The van der Waals surface area contributed by atoms with E-state index in [0.717, 1.165) is 22.2 Å². The van der Waals surface area contributed by atoms with Crippen molar-refractivity contribution in [1.82, 2.24) is 25.6 Å². The number of carbonyl (C=O) groups excluding carboxylic acids is 4. The minimum absolute atomic E-state index is 0.0553. The van der Waals surface area contributed by atoms with Crippen LogP contribution >= 0.6 is 0 Å². The summed E-state index contributed by atoms with van der Waals surface area (Å²) in [5, 5.41) is 16.3. The van der Waals surface area contributed by atoms with Gasteiger partial charge in [0.05, 0.1) is 12.4 Å². The molecule has 6 atom stereocenters. The number of nitrogens with zero attached hydrogens (tertiary/aromatic N) is 1. The van der Waals surface area contributed by atoms with Crippen LogP contribution in [0.5, 0.6) is 0 Å². The number of carboxylic acid groups (broad SMARTS) is 1. The van der Waals surface area contributed by atoms with Crippen LogP contribution in [0, 0.1) is 17.8 Å². The molecule has 5 unspecified atom stereocenters. The first-order chi connectivity index (χ1) is 20.5. The zero-order valence-electron chi connectivity index (χ0n) is 23.6. The third-order valence-electron chi connectivity index (χ3n) is 8.19. The van der Waals surface area contributed by atoms with E-state index in [1.54, 1.807) is 12.4 Å². The number of carbonyl (C=O) groups is 5. The number of nitrogens with one attached hydrogen (secondary N) is 4. The van der Waals surface area contributed by atoms with E-state index < -0.39 is 59.6 Å². The highest BCUT2D eigenvalue weighted by Gasteiger charge is 2.43. The predicted octanol–water partition coefficient (Wildman–Crippen LogP) is -0.159. The average Bonchev–Trinajstić information content (AvgIpc) is 3.62. The van der Waals surface area contributed by atoms with Crippen molar-refractivity contribution in [3.63, 3.8) is 0 Å². The average molecular weight is 595 g/mol. The van der Waals surface area contributed by atoms with Gasteiger partial charge in [-0.2, -0.15) is 0 Å². The number of para-hydroxylation sites is 1. The van der Waals surface area contributed by atoms with Crippen LogP contribution in [0.4, 0.5) is 0 Å². The zero-order valence-corrected chi connectivity index (χ0v) is 23.6. The van der Waals surface area contributed by atoms with Crippen molar-refractivity contribution in [2.75, 3.05) is 0 Å². The standard InChI is InChI=1S/C29H38N8O6/c30-21(5-6-25(31)38)29(43)36-23-9-15(11-26(39)40)20(8-16(23)7-18-13-33-14-35-18)28(42)37-24(27(32)41)10-17-12-34-22-4-2-1-3-19(17)22/h1-4,12-16,20-21,23-24,34H,5-11,30H2,(H2,31,38)(H2,32,41)(H,33,35)(H,36,43)(H,37,42)(H,39,40)/t15?,16?,20-,21?,23?,24?/m0/s1. The van der Waals surface area contributed by atoms with Gasteiger partial charge in [-0.3, -0.25) is 24.0 Å². The Kier molecular flexibility index (Phi) is 10.1. The smallest absolute Gasteiger partial charge is 0.303 e. The summed E-state index contributed by atoms with van der Waals surface area (Å²) in [4.78, 5) is 72.3. The summed E-state index contributed by atoms with van der Waals surface area (Å²) < 4.78 is 0. The summed E-state index contributed by atoms with van der Waals surface area (Å²) in [6.45, 7) is 0. The maximum absolute atomic E-state index is 13.7. The summed E-state index contributed by atoms with van der Waals surface area (Å²) in [6, 6.07) is 5.03. The highest BCUT2D eigenvalue weighted by molar-refractivity contribution is 5.90. The lowest BCUT2D eigenvalue weighted by atomic mass is 9.68. The molecule has 0 saturated heterocycles. The van der Waals surface area contributed by atoms with Crippen molar-refractivity contribution in [2.45, 2.75) is 63.1 Å². The molecule has 1 fully saturated rings. The van der Waals surface area contributed by atoms with Crippen LogP contribution in [0.15, 0.2) is 43.0 Å². The number of imidazole rings is 1. The molecule has 11 N–H and O–H groups in total. The Bertz CT molecular complexity index is 1450. The molecule has 0 bridgehead atoms. The number of aliphatic carboxylic acids is 1. The van der Waals surface area contributed by atoms with Gasteiger partial charge in [0.1, 0.15) is 6.04 Å². The van der Waals surface area contributed by atoms with Gasteiger partial charge in [-0.25, -0.2) is 4.98 Å². The predicted molar refractivity (Wildman–Crippen MR) is 156 cm³/mol. The highest BCUT2D eigenvalue weighted by Crippen LogP contribution is 2.38. The molecule has 0 aliphatic heterocycles. The van der Waals surface area contributed by atoms with Crippen LogP contribution in [0.3, 0.4) is 0 Å². The number of H-pyrrole nitrogens is 2.